The number of aromatic nitrogens is 3. The average Bonchev–Trinajstić information content (AvgIpc) is 2.91. The van der Waals surface area contributed by atoms with Gasteiger partial charge in [0.25, 0.3) is 0 Å². The minimum absolute atomic E-state index is 0.729. The molecule has 0 spiro atoms. The summed E-state index contributed by atoms with van der Waals surface area (Å²) < 4.78 is 0. The minimum Gasteiger partial charge on any atom is -0.337 e. The molecule has 0 aliphatic heterocycles. The zero-order valence-corrected chi connectivity index (χ0v) is 10.6. The molecule has 4 nitrogen and oxygen atoms in total. The first-order chi connectivity index (χ1) is 9.31. The molecule has 3 aromatic rings. The summed E-state index contributed by atoms with van der Waals surface area (Å²) in [4.78, 5) is 1.61. The number of hydrogen-bond acceptors (Lipinski definition) is 3. The largest absolute Gasteiger partial charge is 0.337 e. The first-order valence-corrected chi connectivity index (χ1v) is 6.13. The standard InChI is InChI=1S/C15H14N4/c1-12-7-9-13(10-8-12)17-15-11-16-19(18-15)14-5-3-2-4-6-14/h2-11H,1H3,(H,17,18). The van der Waals surface area contributed by atoms with E-state index < -0.39 is 0 Å². The third-order valence-corrected chi connectivity index (χ3v) is 2.80. The Balaban J connectivity index is 1.80. The van der Waals surface area contributed by atoms with Gasteiger partial charge in [0.2, 0.25) is 0 Å². The minimum atomic E-state index is 0.729. The number of aryl methyl sites for hydroxylation is 1. The van der Waals surface area contributed by atoms with Crippen LogP contribution in [0.25, 0.3) is 5.69 Å². The molecule has 0 aliphatic rings. The molecule has 0 atom stereocenters. The Morgan fingerprint density at radius 2 is 1.68 bits per heavy atom. The van der Waals surface area contributed by atoms with Crippen molar-refractivity contribution >= 4 is 11.5 Å². The van der Waals surface area contributed by atoms with Gasteiger partial charge in [-0.05, 0) is 31.2 Å². The summed E-state index contributed by atoms with van der Waals surface area (Å²) >= 11 is 0. The fourth-order valence-electron chi connectivity index (χ4n) is 1.79. The lowest BCUT2D eigenvalue weighted by molar-refractivity contribution is 0.754. The molecule has 2 aromatic carbocycles. The summed E-state index contributed by atoms with van der Waals surface area (Å²) in [5.41, 5.74) is 3.18. The van der Waals surface area contributed by atoms with E-state index in [9.17, 15) is 0 Å². The smallest absolute Gasteiger partial charge is 0.173 e. The van der Waals surface area contributed by atoms with Gasteiger partial charge in [0.15, 0.2) is 5.82 Å². The second kappa shape index (κ2) is 4.94. The van der Waals surface area contributed by atoms with Crippen molar-refractivity contribution in [2.24, 2.45) is 0 Å². The monoisotopic (exact) mass is 250 g/mol. The second-order valence-electron chi connectivity index (χ2n) is 4.35. The quantitative estimate of drug-likeness (QED) is 0.775. The van der Waals surface area contributed by atoms with Gasteiger partial charge >= 0.3 is 0 Å². The molecule has 0 amide bonds. The lowest BCUT2D eigenvalue weighted by atomic mass is 10.2. The number of anilines is 2. The van der Waals surface area contributed by atoms with Crippen molar-refractivity contribution in [2.45, 2.75) is 6.92 Å². The molecule has 4 heteroatoms. The van der Waals surface area contributed by atoms with E-state index >= 15 is 0 Å². The van der Waals surface area contributed by atoms with Gasteiger partial charge in [0.05, 0.1) is 11.9 Å². The Hall–Kier alpha value is -2.62. The van der Waals surface area contributed by atoms with Crippen LogP contribution in [-0.2, 0) is 0 Å². The molecule has 0 saturated heterocycles. The van der Waals surface area contributed by atoms with Crippen molar-refractivity contribution in [3.63, 3.8) is 0 Å². The Kier molecular flexibility index (Phi) is 2.98. The van der Waals surface area contributed by atoms with Crippen LogP contribution < -0.4 is 5.32 Å². The summed E-state index contributed by atoms with van der Waals surface area (Å²) in [7, 11) is 0. The van der Waals surface area contributed by atoms with Crippen molar-refractivity contribution in [1.82, 2.24) is 15.0 Å². The maximum absolute atomic E-state index is 4.39. The molecule has 0 radical (unpaired) electrons. The molecule has 1 heterocycles. The van der Waals surface area contributed by atoms with E-state index in [1.807, 2.05) is 42.5 Å². The highest BCUT2D eigenvalue weighted by atomic mass is 15.5. The van der Waals surface area contributed by atoms with Crippen LogP contribution in [0.2, 0.25) is 0 Å². The highest BCUT2D eigenvalue weighted by Crippen LogP contribution is 2.15. The number of nitrogens with one attached hydrogen (secondary N) is 1. The van der Waals surface area contributed by atoms with Crippen molar-refractivity contribution in [3.8, 4) is 5.69 Å². The van der Waals surface area contributed by atoms with E-state index in [2.05, 4.69) is 34.6 Å². The molecular formula is C15H14N4. The van der Waals surface area contributed by atoms with Crippen LogP contribution in [-0.4, -0.2) is 15.0 Å². The Morgan fingerprint density at radius 1 is 0.947 bits per heavy atom. The first kappa shape index (κ1) is 11.5. The van der Waals surface area contributed by atoms with Gasteiger partial charge in [-0.2, -0.15) is 5.10 Å². The number of rotatable bonds is 3. The summed E-state index contributed by atoms with van der Waals surface area (Å²) in [5.74, 6) is 0.729. The van der Waals surface area contributed by atoms with Crippen LogP contribution in [0.1, 0.15) is 5.56 Å². The maximum Gasteiger partial charge on any atom is 0.173 e. The Labute approximate surface area is 111 Å². The van der Waals surface area contributed by atoms with Crippen LogP contribution in [0.3, 0.4) is 0 Å². The Bertz CT molecular complexity index is 656. The van der Waals surface area contributed by atoms with Crippen molar-refractivity contribution in [1.29, 1.82) is 0 Å². The van der Waals surface area contributed by atoms with E-state index in [1.54, 1.807) is 11.0 Å². The maximum atomic E-state index is 4.39. The van der Waals surface area contributed by atoms with E-state index in [0.29, 0.717) is 0 Å². The van der Waals surface area contributed by atoms with Crippen LogP contribution in [0, 0.1) is 6.92 Å². The van der Waals surface area contributed by atoms with E-state index in [0.717, 1.165) is 17.2 Å². The molecule has 0 aliphatic carbocycles. The van der Waals surface area contributed by atoms with E-state index in [4.69, 9.17) is 0 Å². The number of para-hydroxylation sites is 1. The average molecular weight is 250 g/mol. The first-order valence-electron chi connectivity index (χ1n) is 6.13. The number of hydrogen-bond donors (Lipinski definition) is 1. The topological polar surface area (TPSA) is 42.7 Å². The van der Waals surface area contributed by atoms with Crippen LogP contribution in [0.4, 0.5) is 11.5 Å². The van der Waals surface area contributed by atoms with Crippen molar-refractivity contribution in [3.05, 3.63) is 66.4 Å². The summed E-state index contributed by atoms with van der Waals surface area (Å²) in [5, 5.41) is 11.9. The zero-order valence-electron chi connectivity index (χ0n) is 10.6. The van der Waals surface area contributed by atoms with Gasteiger partial charge in [-0.25, -0.2) is 0 Å². The highest BCUT2D eigenvalue weighted by Gasteiger charge is 2.02. The zero-order chi connectivity index (χ0) is 13.1. The molecule has 0 unspecified atom stereocenters. The molecule has 3 rings (SSSR count). The third-order valence-electron chi connectivity index (χ3n) is 2.80. The van der Waals surface area contributed by atoms with E-state index in [1.165, 1.54) is 5.56 Å². The molecule has 0 fully saturated rings. The van der Waals surface area contributed by atoms with Crippen LogP contribution in [0.5, 0.6) is 0 Å². The van der Waals surface area contributed by atoms with Crippen LogP contribution >= 0.6 is 0 Å². The third kappa shape index (κ3) is 2.63. The van der Waals surface area contributed by atoms with E-state index in [-0.39, 0.29) is 0 Å². The second-order valence-corrected chi connectivity index (χ2v) is 4.35. The molecule has 19 heavy (non-hydrogen) atoms. The van der Waals surface area contributed by atoms with Gasteiger partial charge in [-0.3, -0.25) is 0 Å². The summed E-state index contributed by atoms with van der Waals surface area (Å²) in [6.07, 6.45) is 1.72. The van der Waals surface area contributed by atoms with Crippen LogP contribution in [0.15, 0.2) is 60.8 Å². The number of nitrogens with zero attached hydrogens (tertiary/aromatic N) is 3. The lowest BCUT2D eigenvalue weighted by Crippen LogP contribution is -1.99. The van der Waals surface area contributed by atoms with Gasteiger partial charge in [-0.1, -0.05) is 35.9 Å². The normalized spacial score (nSPS) is 10.4. The molecule has 1 N–H and O–H groups in total. The van der Waals surface area contributed by atoms with Gasteiger partial charge < -0.3 is 5.32 Å². The van der Waals surface area contributed by atoms with Gasteiger partial charge in [0, 0.05) is 5.69 Å². The van der Waals surface area contributed by atoms with Crippen molar-refractivity contribution < 1.29 is 0 Å². The number of benzene rings is 2. The summed E-state index contributed by atoms with van der Waals surface area (Å²) in [6, 6.07) is 18.0. The summed E-state index contributed by atoms with van der Waals surface area (Å²) in [6.45, 7) is 2.06. The lowest BCUT2D eigenvalue weighted by Gasteiger charge is -2.02. The fourth-order valence-corrected chi connectivity index (χ4v) is 1.79. The van der Waals surface area contributed by atoms with Crippen molar-refractivity contribution in [2.75, 3.05) is 5.32 Å². The van der Waals surface area contributed by atoms with Gasteiger partial charge in [-0.15, -0.1) is 9.90 Å². The fraction of sp³-hybridized carbons (Fsp3) is 0.0667. The SMILES string of the molecule is Cc1ccc(Nc2cnn(-c3ccccc3)n2)cc1. The molecule has 1 aromatic heterocycles. The van der Waals surface area contributed by atoms with Gasteiger partial charge in [0.1, 0.15) is 0 Å². The molecule has 0 bridgehead atoms. The molecule has 94 valence electrons. The highest BCUT2D eigenvalue weighted by molar-refractivity contribution is 5.55. The molecular weight excluding hydrogens is 236 g/mol. The Morgan fingerprint density at radius 3 is 2.42 bits per heavy atom. The predicted molar refractivity (Wildman–Crippen MR) is 75.8 cm³/mol. The predicted octanol–water partition coefficient (Wildman–Crippen LogP) is 3.32. The molecule has 0 saturated carbocycles.